The maximum absolute atomic E-state index is 5.52. The van der Waals surface area contributed by atoms with Crippen LogP contribution in [0.2, 0.25) is 0 Å². The molecule has 1 aromatic heterocycles. The first kappa shape index (κ1) is 9.66. The summed E-state index contributed by atoms with van der Waals surface area (Å²) in [4.78, 5) is 7.03. The second kappa shape index (κ2) is 3.57. The van der Waals surface area contributed by atoms with Gasteiger partial charge >= 0.3 is 0 Å². The van der Waals surface area contributed by atoms with Crippen LogP contribution in [0.15, 0.2) is 18.3 Å². The van der Waals surface area contributed by atoms with Crippen molar-refractivity contribution >= 4 is 11.8 Å². The van der Waals surface area contributed by atoms with Gasteiger partial charge < -0.3 is 9.64 Å². The molecule has 2 saturated heterocycles. The zero-order chi connectivity index (χ0) is 11.2. The smallest absolute Gasteiger partial charge is 0.0559 e. The van der Waals surface area contributed by atoms with E-state index in [-0.39, 0.29) is 0 Å². The fourth-order valence-electron chi connectivity index (χ4n) is 3.18. The highest BCUT2D eigenvalue weighted by Gasteiger charge is 2.37. The number of allylic oxidation sites excluding steroid dienone is 1. The summed E-state index contributed by atoms with van der Waals surface area (Å²) < 4.78 is 5.52. The number of hydrogen-bond donors (Lipinski definition) is 0. The zero-order valence-electron chi connectivity index (χ0n) is 9.80. The molecule has 0 unspecified atom stereocenters. The third kappa shape index (κ3) is 1.49. The first-order valence-electron chi connectivity index (χ1n) is 6.38. The van der Waals surface area contributed by atoms with Crippen LogP contribution in [0.25, 0.3) is 6.08 Å². The van der Waals surface area contributed by atoms with Crippen molar-refractivity contribution in [1.82, 2.24) is 4.98 Å². The van der Waals surface area contributed by atoms with Crippen LogP contribution in [0.4, 0.5) is 5.69 Å². The molecule has 0 aromatic carbocycles. The topological polar surface area (TPSA) is 25.4 Å². The summed E-state index contributed by atoms with van der Waals surface area (Å²) >= 11 is 0. The number of anilines is 1. The SMILES string of the molecule is C1=Cc2cc(N3C[C@H]4COC[C@H]4C3)cnc2C1. The van der Waals surface area contributed by atoms with Gasteiger partial charge in [0.25, 0.3) is 0 Å². The largest absolute Gasteiger partial charge is 0.381 e. The summed E-state index contributed by atoms with van der Waals surface area (Å²) in [6.45, 7) is 4.16. The van der Waals surface area contributed by atoms with Gasteiger partial charge in [-0.25, -0.2) is 0 Å². The lowest BCUT2D eigenvalue weighted by Crippen LogP contribution is -2.22. The number of pyridine rings is 1. The Balaban J connectivity index is 1.61. The Morgan fingerprint density at radius 2 is 2.06 bits per heavy atom. The average molecular weight is 228 g/mol. The first-order valence-corrected chi connectivity index (χ1v) is 6.38. The average Bonchev–Trinajstić information content (AvgIpc) is 3.02. The van der Waals surface area contributed by atoms with Crippen LogP contribution < -0.4 is 4.90 Å². The molecule has 88 valence electrons. The highest BCUT2D eigenvalue weighted by atomic mass is 16.5. The summed E-state index contributed by atoms with van der Waals surface area (Å²) in [5, 5.41) is 0. The van der Waals surface area contributed by atoms with Gasteiger partial charge in [0.2, 0.25) is 0 Å². The highest BCUT2D eigenvalue weighted by molar-refractivity contribution is 5.63. The predicted octanol–water partition coefficient (Wildman–Crippen LogP) is 1.73. The van der Waals surface area contributed by atoms with Crippen molar-refractivity contribution in [3.8, 4) is 0 Å². The summed E-state index contributed by atoms with van der Waals surface area (Å²) in [5.41, 5.74) is 3.80. The van der Waals surface area contributed by atoms with Crippen LogP contribution in [0.3, 0.4) is 0 Å². The minimum atomic E-state index is 0.735. The van der Waals surface area contributed by atoms with Gasteiger partial charge in [0.15, 0.2) is 0 Å². The quantitative estimate of drug-likeness (QED) is 0.732. The van der Waals surface area contributed by atoms with E-state index in [1.165, 1.54) is 16.9 Å². The highest BCUT2D eigenvalue weighted by Crippen LogP contribution is 2.33. The monoisotopic (exact) mass is 228 g/mol. The van der Waals surface area contributed by atoms with E-state index in [0.29, 0.717) is 0 Å². The molecule has 4 rings (SSSR count). The second-order valence-electron chi connectivity index (χ2n) is 5.30. The molecule has 3 heteroatoms. The van der Waals surface area contributed by atoms with Gasteiger partial charge in [-0.3, -0.25) is 4.98 Å². The van der Waals surface area contributed by atoms with Crippen molar-refractivity contribution in [3.05, 3.63) is 29.6 Å². The molecule has 0 spiro atoms. The molecule has 3 nitrogen and oxygen atoms in total. The van der Waals surface area contributed by atoms with Crippen LogP contribution in [0.5, 0.6) is 0 Å². The summed E-state index contributed by atoms with van der Waals surface area (Å²) in [7, 11) is 0. The lowest BCUT2D eigenvalue weighted by atomic mass is 10.0. The molecule has 2 aliphatic heterocycles. The number of rotatable bonds is 1. The Labute approximate surface area is 101 Å². The Kier molecular flexibility index (Phi) is 2.03. The maximum Gasteiger partial charge on any atom is 0.0559 e. The summed E-state index contributed by atoms with van der Waals surface area (Å²) in [6.07, 6.45) is 7.41. The van der Waals surface area contributed by atoms with Crippen molar-refractivity contribution in [2.45, 2.75) is 6.42 Å². The molecule has 17 heavy (non-hydrogen) atoms. The Hall–Kier alpha value is -1.35. The van der Waals surface area contributed by atoms with Gasteiger partial charge in [0, 0.05) is 31.3 Å². The van der Waals surface area contributed by atoms with E-state index in [1.807, 2.05) is 6.20 Å². The molecular formula is C14H16N2O. The first-order chi connectivity index (χ1) is 8.40. The zero-order valence-corrected chi connectivity index (χ0v) is 9.80. The molecule has 3 heterocycles. The molecule has 2 fully saturated rings. The fraction of sp³-hybridized carbons (Fsp3) is 0.500. The summed E-state index contributed by atoms with van der Waals surface area (Å²) in [6, 6.07) is 2.29. The summed E-state index contributed by atoms with van der Waals surface area (Å²) in [5.74, 6) is 1.47. The van der Waals surface area contributed by atoms with Crippen molar-refractivity contribution < 1.29 is 4.74 Å². The van der Waals surface area contributed by atoms with E-state index in [9.17, 15) is 0 Å². The van der Waals surface area contributed by atoms with Gasteiger partial charge in [0.1, 0.15) is 0 Å². The van der Waals surface area contributed by atoms with E-state index >= 15 is 0 Å². The van der Waals surface area contributed by atoms with Gasteiger partial charge in [-0.2, -0.15) is 0 Å². The van der Waals surface area contributed by atoms with E-state index in [2.05, 4.69) is 28.1 Å². The number of aromatic nitrogens is 1. The number of fused-ring (bicyclic) bond motifs is 2. The lowest BCUT2D eigenvalue weighted by molar-refractivity contribution is 0.177. The molecule has 1 aliphatic carbocycles. The molecular weight excluding hydrogens is 212 g/mol. The Morgan fingerprint density at radius 1 is 1.24 bits per heavy atom. The van der Waals surface area contributed by atoms with Crippen LogP contribution in [0, 0.1) is 11.8 Å². The van der Waals surface area contributed by atoms with Crippen molar-refractivity contribution in [1.29, 1.82) is 0 Å². The fourth-order valence-corrected chi connectivity index (χ4v) is 3.18. The van der Waals surface area contributed by atoms with Gasteiger partial charge in [-0.05, 0) is 11.6 Å². The third-order valence-corrected chi connectivity index (χ3v) is 4.20. The minimum absolute atomic E-state index is 0.735. The second-order valence-corrected chi connectivity index (χ2v) is 5.30. The van der Waals surface area contributed by atoms with Crippen LogP contribution in [-0.2, 0) is 11.2 Å². The van der Waals surface area contributed by atoms with Crippen molar-refractivity contribution in [2.24, 2.45) is 11.8 Å². The van der Waals surface area contributed by atoms with Crippen LogP contribution >= 0.6 is 0 Å². The standard InChI is InChI=1S/C14H16N2O/c1-2-10-4-13(5-15-14(10)3-1)16-6-11-8-17-9-12(11)7-16/h1-2,4-5,11-12H,3,6-9H2/t11-,12+. The molecule has 2 atom stereocenters. The Bertz CT molecular complexity index is 471. The maximum atomic E-state index is 5.52. The number of hydrogen-bond acceptors (Lipinski definition) is 3. The molecule has 0 N–H and O–H groups in total. The molecule has 3 aliphatic rings. The van der Waals surface area contributed by atoms with Crippen LogP contribution in [-0.4, -0.2) is 31.3 Å². The van der Waals surface area contributed by atoms with E-state index < -0.39 is 0 Å². The van der Waals surface area contributed by atoms with Gasteiger partial charge in [-0.1, -0.05) is 12.2 Å². The van der Waals surface area contributed by atoms with Crippen molar-refractivity contribution in [2.75, 3.05) is 31.2 Å². The Morgan fingerprint density at radius 3 is 2.88 bits per heavy atom. The molecule has 0 saturated carbocycles. The van der Waals surface area contributed by atoms with Gasteiger partial charge in [0.05, 0.1) is 30.8 Å². The normalized spacial score (nSPS) is 29.8. The molecule has 0 radical (unpaired) electrons. The van der Waals surface area contributed by atoms with E-state index in [1.54, 1.807) is 0 Å². The third-order valence-electron chi connectivity index (χ3n) is 4.20. The lowest BCUT2D eigenvalue weighted by Gasteiger charge is -2.19. The van der Waals surface area contributed by atoms with Gasteiger partial charge in [-0.15, -0.1) is 0 Å². The molecule has 0 bridgehead atoms. The predicted molar refractivity (Wildman–Crippen MR) is 67.0 cm³/mol. The van der Waals surface area contributed by atoms with E-state index in [4.69, 9.17) is 4.74 Å². The molecule has 0 amide bonds. The van der Waals surface area contributed by atoms with Crippen LogP contribution in [0.1, 0.15) is 11.3 Å². The van der Waals surface area contributed by atoms with Crippen molar-refractivity contribution in [3.63, 3.8) is 0 Å². The molecule has 1 aromatic rings. The number of nitrogens with zero attached hydrogens (tertiary/aromatic N) is 2. The number of ether oxygens (including phenoxy) is 1. The van der Waals surface area contributed by atoms with E-state index in [0.717, 1.165) is 44.6 Å². The minimum Gasteiger partial charge on any atom is -0.381 e.